The maximum absolute atomic E-state index is 13.8. The second-order valence-corrected chi connectivity index (χ2v) is 13.7. The number of H-pyrrole nitrogens is 2. The monoisotopic (exact) mass is 714 g/mol. The number of benzene rings is 3. The molecule has 2 saturated heterocycles. The first-order chi connectivity index (χ1) is 25.8. The summed E-state index contributed by atoms with van der Waals surface area (Å²) in [7, 11) is 1.28. The highest BCUT2D eigenvalue weighted by atomic mass is 16.5. The molecular formula is C41H46N8O4. The van der Waals surface area contributed by atoms with Crippen molar-refractivity contribution >= 4 is 17.9 Å². The van der Waals surface area contributed by atoms with Crippen molar-refractivity contribution in [3.63, 3.8) is 0 Å². The third kappa shape index (κ3) is 7.59. The number of carbonyl (C=O) groups is 3. The van der Waals surface area contributed by atoms with E-state index < -0.39 is 12.1 Å². The van der Waals surface area contributed by atoms with Crippen molar-refractivity contribution in [2.45, 2.75) is 63.7 Å². The summed E-state index contributed by atoms with van der Waals surface area (Å²) in [6.45, 7) is 5.70. The third-order valence-electron chi connectivity index (χ3n) is 10.3. The van der Waals surface area contributed by atoms with Crippen LogP contribution in [-0.4, -0.2) is 80.4 Å². The van der Waals surface area contributed by atoms with Crippen molar-refractivity contribution in [3.8, 4) is 33.6 Å². The van der Waals surface area contributed by atoms with Gasteiger partial charge < -0.3 is 35.1 Å². The van der Waals surface area contributed by atoms with E-state index in [9.17, 15) is 14.4 Å². The average Bonchev–Trinajstić information content (AvgIpc) is 4.04. The summed E-state index contributed by atoms with van der Waals surface area (Å²) >= 11 is 0. The molecule has 274 valence electrons. The summed E-state index contributed by atoms with van der Waals surface area (Å²) < 4.78 is 4.65. The van der Waals surface area contributed by atoms with Gasteiger partial charge in [-0.15, -0.1) is 0 Å². The molecule has 3 aromatic carbocycles. The molecule has 53 heavy (non-hydrogen) atoms. The first kappa shape index (κ1) is 35.6. The van der Waals surface area contributed by atoms with Crippen LogP contribution < -0.4 is 10.6 Å². The number of hydrogen-bond donors (Lipinski definition) is 4. The molecule has 0 saturated carbocycles. The van der Waals surface area contributed by atoms with Crippen molar-refractivity contribution in [2.24, 2.45) is 0 Å². The second-order valence-electron chi connectivity index (χ2n) is 13.7. The highest BCUT2D eigenvalue weighted by Crippen LogP contribution is 2.35. The van der Waals surface area contributed by atoms with Crippen LogP contribution in [0.1, 0.15) is 74.9 Å². The van der Waals surface area contributed by atoms with Crippen LogP contribution >= 0.6 is 0 Å². The van der Waals surface area contributed by atoms with E-state index in [0.717, 1.165) is 76.5 Å². The summed E-state index contributed by atoms with van der Waals surface area (Å²) in [5.41, 5.74) is 6.94. The molecular weight excluding hydrogens is 669 g/mol. The smallest absolute Gasteiger partial charge is 0.407 e. The number of hydrogen-bond acceptors (Lipinski definition) is 7. The van der Waals surface area contributed by atoms with Crippen molar-refractivity contribution < 1.29 is 19.1 Å². The molecule has 2 aliphatic heterocycles. The highest BCUT2D eigenvalue weighted by Gasteiger charge is 2.36. The highest BCUT2D eigenvalue weighted by molar-refractivity contribution is 5.86. The fourth-order valence-electron chi connectivity index (χ4n) is 7.53. The molecule has 12 heteroatoms. The molecule has 7 rings (SSSR count). The second kappa shape index (κ2) is 15.9. The molecule has 2 fully saturated rings. The lowest BCUT2D eigenvalue weighted by molar-refractivity contribution is -0.135. The van der Waals surface area contributed by atoms with Gasteiger partial charge in [0.1, 0.15) is 23.7 Å². The van der Waals surface area contributed by atoms with Crippen molar-refractivity contribution in [1.29, 1.82) is 0 Å². The first-order valence-corrected chi connectivity index (χ1v) is 18.4. The number of nitrogens with zero attached hydrogens (tertiary/aromatic N) is 4. The van der Waals surface area contributed by atoms with Gasteiger partial charge in [-0.25, -0.2) is 14.8 Å². The number of carbonyl (C=O) groups excluding carboxylic acids is 3. The predicted molar refractivity (Wildman–Crippen MR) is 202 cm³/mol. The van der Waals surface area contributed by atoms with E-state index in [0.29, 0.717) is 19.6 Å². The summed E-state index contributed by atoms with van der Waals surface area (Å²) in [5.74, 6) is 1.46. The van der Waals surface area contributed by atoms with Crippen LogP contribution in [0.3, 0.4) is 0 Å². The Morgan fingerprint density at radius 1 is 0.755 bits per heavy atom. The number of aromatic amines is 2. The van der Waals surface area contributed by atoms with Crippen molar-refractivity contribution in [2.75, 3.05) is 26.7 Å². The zero-order chi connectivity index (χ0) is 36.9. The summed E-state index contributed by atoms with van der Waals surface area (Å²) in [6.07, 6.45) is 6.49. The topological polar surface area (TPSA) is 148 Å². The molecule has 2 aliphatic rings. The normalized spacial score (nSPS) is 18.2. The van der Waals surface area contributed by atoms with Gasteiger partial charge in [0.05, 0.1) is 43.0 Å². The number of likely N-dealkylation sites (N-methyl/N-ethyl adjacent to an activating group) is 1. The number of methoxy groups -OCH3 is 1. The lowest BCUT2D eigenvalue weighted by atomic mass is 10.0. The maximum Gasteiger partial charge on any atom is 0.407 e. The molecule has 0 radical (unpaired) electrons. The number of imidazole rings is 2. The molecule has 0 aliphatic carbocycles. The van der Waals surface area contributed by atoms with Crippen LogP contribution in [0.2, 0.25) is 0 Å². The van der Waals surface area contributed by atoms with Gasteiger partial charge in [-0.2, -0.15) is 0 Å². The van der Waals surface area contributed by atoms with E-state index >= 15 is 0 Å². The number of alkyl carbamates (subject to hydrolysis) is 1. The number of aromatic nitrogens is 4. The minimum Gasteiger partial charge on any atom is -0.453 e. The molecule has 2 aromatic heterocycles. The Morgan fingerprint density at radius 2 is 1.25 bits per heavy atom. The van der Waals surface area contributed by atoms with E-state index in [-0.39, 0.29) is 29.9 Å². The zero-order valence-corrected chi connectivity index (χ0v) is 30.3. The average molecular weight is 715 g/mol. The predicted octanol–water partition coefficient (Wildman–Crippen LogP) is 6.56. The van der Waals surface area contributed by atoms with Gasteiger partial charge >= 0.3 is 6.09 Å². The lowest BCUT2D eigenvalue weighted by Crippen LogP contribution is -2.46. The largest absolute Gasteiger partial charge is 0.453 e. The van der Waals surface area contributed by atoms with Crippen LogP contribution in [0.15, 0.2) is 91.3 Å². The summed E-state index contributed by atoms with van der Waals surface area (Å²) in [5, 5.41) is 5.95. The van der Waals surface area contributed by atoms with Crippen molar-refractivity contribution in [1.82, 2.24) is 40.4 Å². The number of ether oxygens (including phenoxy) is 1. The fraction of sp³-hybridized carbons (Fsp3) is 0.341. The van der Waals surface area contributed by atoms with Crippen LogP contribution in [0.25, 0.3) is 33.6 Å². The number of rotatable bonds is 11. The Kier molecular flexibility index (Phi) is 10.7. The SMILES string of the molecule is CCN[C@@H](C(=O)N1CCCC1c1ncc(-c2ccc(-c3ccc(-c4cnc(C5CCCN5C(=O)[C@H](C)NC(=O)OC)[nH]4)cc3)cc2)[nH]1)c1ccccc1. The standard InChI is InChI=1S/C41H46N8O4/c1-4-42-36(31-10-6-5-7-11-31)40(51)49-23-9-13-35(49)38-44-25-33(47-38)30-20-16-28(17-21-30)27-14-18-29(19-15-27)32-24-43-37(46-32)34-12-8-22-48(34)39(50)26(2)45-41(52)53-3/h5-7,10-11,14-21,24-26,34-36,42H,4,8-9,12-13,22-23H2,1-3H3,(H,43,46)(H,44,47)(H,45,52)/t26-,34?,35?,36+/m0/s1. The van der Waals surface area contributed by atoms with E-state index in [1.165, 1.54) is 7.11 Å². The fourth-order valence-corrected chi connectivity index (χ4v) is 7.53. The summed E-state index contributed by atoms with van der Waals surface area (Å²) in [6, 6.07) is 25.2. The Bertz CT molecular complexity index is 2020. The minimum atomic E-state index is -0.697. The molecule has 2 unspecified atom stereocenters. The zero-order valence-electron chi connectivity index (χ0n) is 30.3. The van der Waals surface area contributed by atoms with Gasteiger partial charge in [0, 0.05) is 13.1 Å². The Morgan fingerprint density at radius 3 is 1.74 bits per heavy atom. The number of likely N-dealkylation sites (tertiary alicyclic amines) is 2. The van der Waals surface area contributed by atoms with Gasteiger partial charge in [-0.05, 0) is 67.0 Å². The molecule has 4 N–H and O–H groups in total. The van der Waals surface area contributed by atoms with Gasteiger partial charge in [0.25, 0.3) is 0 Å². The van der Waals surface area contributed by atoms with E-state index in [2.05, 4.69) is 78.9 Å². The molecule has 0 spiro atoms. The minimum absolute atomic E-state index is 0.0790. The van der Waals surface area contributed by atoms with E-state index in [4.69, 9.17) is 4.98 Å². The molecule has 0 bridgehead atoms. The first-order valence-electron chi connectivity index (χ1n) is 18.4. The van der Waals surface area contributed by atoms with Crippen LogP contribution in [0, 0.1) is 0 Å². The van der Waals surface area contributed by atoms with Gasteiger partial charge in [0.15, 0.2) is 0 Å². The number of amides is 3. The molecule has 12 nitrogen and oxygen atoms in total. The van der Waals surface area contributed by atoms with Crippen LogP contribution in [0.5, 0.6) is 0 Å². The maximum atomic E-state index is 13.8. The van der Waals surface area contributed by atoms with E-state index in [1.807, 2.05) is 48.4 Å². The van der Waals surface area contributed by atoms with Crippen LogP contribution in [-0.2, 0) is 14.3 Å². The lowest BCUT2D eigenvalue weighted by Gasteiger charge is -2.28. The van der Waals surface area contributed by atoms with Crippen LogP contribution in [0.4, 0.5) is 4.79 Å². The van der Waals surface area contributed by atoms with E-state index in [1.54, 1.807) is 18.0 Å². The Balaban J connectivity index is 1.00. The molecule has 4 atom stereocenters. The quantitative estimate of drug-likeness (QED) is 0.121. The molecule has 3 amide bonds. The molecule has 4 heterocycles. The number of nitrogens with one attached hydrogen (secondary N) is 4. The van der Waals surface area contributed by atoms with Gasteiger partial charge in [-0.1, -0.05) is 85.8 Å². The Labute approximate surface area is 309 Å². The summed E-state index contributed by atoms with van der Waals surface area (Å²) in [4.78, 5) is 58.6. The van der Waals surface area contributed by atoms with Gasteiger partial charge in [-0.3, -0.25) is 9.59 Å². The van der Waals surface area contributed by atoms with Crippen molar-refractivity contribution in [3.05, 3.63) is 108 Å². The Hall–Kier alpha value is -5.75. The molecule has 5 aromatic rings. The third-order valence-corrected chi connectivity index (χ3v) is 10.3. The van der Waals surface area contributed by atoms with Gasteiger partial charge in [0.2, 0.25) is 11.8 Å².